The first-order chi connectivity index (χ1) is 16.8. The second-order valence-electron chi connectivity index (χ2n) is 9.72. The highest BCUT2D eigenvalue weighted by Gasteiger charge is 2.29. The molecule has 3 rings (SSSR count). The summed E-state index contributed by atoms with van der Waals surface area (Å²) in [6.45, 7) is 5.17. The van der Waals surface area contributed by atoms with Crippen LogP contribution in [0, 0.1) is 11.8 Å². The molecule has 0 bridgehead atoms. The third-order valence-electron chi connectivity index (χ3n) is 6.46. The molecule has 188 valence electrons. The van der Waals surface area contributed by atoms with Gasteiger partial charge >= 0.3 is 12.1 Å². The number of alkyl carbamates (subject to hydrolysis) is 1. The topological polar surface area (TPSA) is 95.9 Å². The molecule has 0 radical (unpaired) electrons. The van der Waals surface area contributed by atoms with Crippen LogP contribution in [0.2, 0.25) is 0 Å². The van der Waals surface area contributed by atoms with Gasteiger partial charge in [0.05, 0.1) is 0 Å². The number of fused-ring (bicyclic) bond motifs is 3. The van der Waals surface area contributed by atoms with Gasteiger partial charge < -0.3 is 20.1 Å². The first-order valence-electron chi connectivity index (χ1n) is 12.3. The summed E-state index contributed by atoms with van der Waals surface area (Å²) in [5, 5.41) is 11.6. The summed E-state index contributed by atoms with van der Waals surface area (Å²) in [7, 11) is 1.69. The Bertz CT molecular complexity index is 990. The second kappa shape index (κ2) is 12.4. The molecule has 0 spiro atoms. The lowest BCUT2D eigenvalue weighted by Crippen LogP contribution is -2.35. The van der Waals surface area contributed by atoms with E-state index in [1.807, 2.05) is 24.3 Å². The zero-order valence-corrected chi connectivity index (χ0v) is 20.8. The van der Waals surface area contributed by atoms with Crippen molar-refractivity contribution in [3.05, 3.63) is 59.7 Å². The van der Waals surface area contributed by atoms with Crippen LogP contribution in [0.4, 0.5) is 4.79 Å². The number of carbonyl (C=O) groups is 3. The molecule has 2 aromatic carbocycles. The van der Waals surface area contributed by atoms with Crippen LogP contribution in [-0.2, 0) is 14.3 Å². The SMILES string of the molecule is CC(C)CC(CNC(=O)OCC1c2ccccc2-c2ccccc21)CC(=O)N(C)CCCC(=O)O. The van der Waals surface area contributed by atoms with E-state index in [-0.39, 0.29) is 30.8 Å². The van der Waals surface area contributed by atoms with Gasteiger partial charge in [-0.1, -0.05) is 62.4 Å². The molecule has 0 heterocycles. The zero-order chi connectivity index (χ0) is 25.4. The third-order valence-corrected chi connectivity index (χ3v) is 6.46. The number of nitrogens with one attached hydrogen (secondary N) is 1. The first-order valence-corrected chi connectivity index (χ1v) is 12.3. The van der Waals surface area contributed by atoms with Gasteiger partial charge in [0.15, 0.2) is 0 Å². The number of aliphatic carboxylic acids is 1. The van der Waals surface area contributed by atoms with E-state index >= 15 is 0 Å². The van der Waals surface area contributed by atoms with E-state index in [2.05, 4.69) is 43.4 Å². The number of rotatable bonds is 12. The normalized spacial score (nSPS) is 13.1. The molecule has 7 nitrogen and oxygen atoms in total. The number of carboxylic acids is 1. The summed E-state index contributed by atoms with van der Waals surface area (Å²) in [4.78, 5) is 37.5. The molecule has 1 unspecified atom stereocenters. The largest absolute Gasteiger partial charge is 0.481 e. The fraction of sp³-hybridized carbons (Fsp3) is 0.464. The second-order valence-corrected chi connectivity index (χ2v) is 9.72. The van der Waals surface area contributed by atoms with Crippen LogP contribution in [0.3, 0.4) is 0 Å². The maximum Gasteiger partial charge on any atom is 0.407 e. The Balaban J connectivity index is 1.52. The Morgan fingerprint density at radius 2 is 1.63 bits per heavy atom. The van der Waals surface area contributed by atoms with Gasteiger partial charge in [-0.25, -0.2) is 4.79 Å². The summed E-state index contributed by atoms with van der Waals surface area (Å²) in [6, 6.07) is 16.4. The fourth-order valence-electron chi connectivity index (χ4n) is 4.78. The number of hydrogen-bond donors (Lipinski definition) is 2. The van der Waals surface area contributed by atoms with Crippen molar-refractivity contribution in [2.24, 2.45) is 11.8 Å². The van der Waals surface area contributed by atoms with E-state index in [9.17, 15) is 14.4 Å². The van der Waals surface area contributed by atoms with Gasteiger partial charge in [-0.15, -0.1) is 0 Å². The predicted molar refractivity (Wildman–Crippen MR) is 135 cm³/mol. The van der Waals surface area contributed by atoms with E-state index in [1.165, 1.54) is 11.1 Å². The van der Waals surface area contributed by atoms with Gasteiger partial charge in [0.2, 0.25) is 5.91 Å². The number of nitrogens with zero attached hydrogens (tertiary/aromatic N) is 1. The lowest BCUT2D eigenvalue weighted by atomic mass is 9.93. The number of ether oxygens (including phenoxy) is 1. The smallest absolute Gasteiger partial charge is 0.407 e. The number of carbonyl (C=O) groups excluding carboxylic acids is 2. The molecule has 2 aromatic rings. The summed E-state index contributed by atoms with van der Waals surface area (Å²) < 4.78 is 5.62. The van der Waals surface area contributed by atoms with Gasteiger partial charge in [0.25, 0.3) is 0 Å². The molecule has 0 saturated heterocycles. The summed E-state index contributed by atoms with van der Waals surface area (Å²) in [6.07, 6.45) is 1.06. The predicted octanol–water partition coefficient (Wildman–Crippen LogP) is 4.90. The lowest BCUT2D eigenvalue weighted by molar-refractivity contribution is -0.138. The van der Waals surface area contributed by atoms with Crippen LogP contribution in [-0.4, -0.2) is 54.7 Å². The highest BCUT2D eigenvalue weighted by molar-refractivity contribution is 5.79. The van der Waals surface area contributed by atoms with E-state index in [4.69, 9.17) is 9.84 Å². The Hall–Kier alpha value is -3.35. The van der Waals surface area contributed by atoms with Crippen LogP contribution in [0.1, 0.15) is 56.6 Å². The number of amides is 2. The quantitative estimate of drug-likeness (QED) is 0.450. The summed E-state index contributed by atoms with van der Waals surface area (Å²) in [5.74, 6) is -0.564. The Morgan fingerprint density at radius 3 is 2.20 bits per heavy atom. The third kappa shape index (κ3) is 7.31. The fourth-order valence-corrected chi connectivity index (χ4v) is 4.78. The van der Waals surface area contributed by atoms with Crippen molar-refractivity contribution in [1.82, 2.24) is 10.2 Å². The maximum absolute atomic E-state index is 12.6. The van der Waals surface area contributed by atoms with Crippen LogP contribution < -0.4 is 5.32 Å². The van der Waals surface area contributed by atoms with Gasteiger partial charge in [-0.2, -0.15) is 0 Å². The number of carboxylic acid groups (broad SMARTS) is 1. The molecule has 0 aliphatic heterocycles. The number of hydrogen-bond acceptors (Lipinski definition) is 4. The van der Waals surface area contributed by atoms with Crippen LogP contribution in [0.15, 0.2) is 48.5 Å². The minimum Gasteiger partial charge on any atom is -0.481 e. The Morgan fingerprint density at radius 1 is 1.03 bits per heavy atom. The standard InChI is InChI=1S/C28H36N2O5/c1-19(2)15-20(16-26(31)30(3)14-8-13-27(32)33)17-29-28(34)35-18-25-23-11-6-4-9-21(23)22-10-5-7-12-24(22)25/h4-7,9-12,19-20,25H,8,13-18H2,1-3H3,(H,29,34)(H,32,33). The minimum absolute atomic E-state index is 0.000593. The highest BCUT2D eigenvalue weighted by atomic mass is 16.5. The van der Waals surface area contributed by atoms with E-state index in [0.717, 1.165) is 17.5 Å². The molecule has 35 heavy (non-hydrogen) atoms. The Kier molecular flexibility index (Phi) is 9.29. The summed E-state index contributed by atoms with van der Waals surface area (Å²) in [5.41, 5.74) is 4.69. The van der Waals surface area contributed by atoms with E-state index < -0.39 is 12.1 Å². The van der Waals surface area contributed by atoms with Gasteiger partial charge in [0.1, 0.15) is 6.61 Å². The van der Waals surface area contributed by atoms with Crippen LogP contribution in [0.5, 0.6) is 0 Å². The molecule has 1 aliphatic carbocycles. The maximum atomic E-state index is 12.6. The molecule has 1 atom stereocenters. The van der Waals surface area contributed by atoms with Crippen molar-refractivity contribution >= 4 is 18.0 Å². The lowest BCUT2D eigenvalue weighted by Gasteiger charge is -2.23. The first kappa shape index (κ1) is 26.3. The zero-order valence-electron chi connectivity index (χ0n) is 20.8. The average molecular weight is 481 g/mol. The molecule has 2 N–H and O–H groups in total. The minimum atomic E-state index is -0.865. The molecule has 0 fully saturated rings. The van der Waals surface area contributed by atoms with Crippen molar-refractivity contribution in [1.29, 1.82) is 0 Å². The van der Waals surface area contributed by atoms with Gasteiger partial charge in [-0.05, 0) is 46.9 Å². The molecule has 0 saturated carbocycles. The van der Waals surface area contributed by atoms with Gasteiger partial charge in [-0.3, -0.25) is 9.59 Å². The molecule has 7 heteroatoms. The summed E-state index contributed by atoms with van der Waals surface area (Å²) >= 11 is 0. The van der Waals surface area contributed by atoms with E-state index in [1.54, 1.807) is 11.9 Å². The monoisotopic (exact) mass is 480 g/mol. The van der Waals surface area contributed by atoms with E-state index in [0.29, 0.717) is 31.8 Å². The highest BCUT2D eigenvalue weighted by Crippen LogP contribution is 2.44. The van der Waals surface area contributed by atoms with Crippen LogP contribution >= 0.6 is 0 Å². The average Bonchev–Trinajstić information content (AvgIpc) is 3.14. The molecular weight excluding hydrogens is 444 g/mol. The van der Waals surface area contributed by atoms with Crippen molar-refractivity contribution < 1.29 is 24.2 Å². The van der Waals surface area contributed by atoms with Crippen molar-refractivity contribution in [2.75, 3.05) is 26.7 Å². The molecule has 1 aliphatic rings. The van der Waals surface area contributed by atoms with Crippen LogP contribution in [0.25, 0.3) is 11.1 Å². The van der Waals surface area contributed by atoms with Gasteiger partial charge in [0, 0.05) is 38.9 Å². The molecule has 2 amide bonds. The van der Waals surface area contributed by atoms with Crippen molar-refractivity contribution in [3.8, 4) is 11.1 Å². The molecule has 0 aromatic heterocycles. The van der Waals surface area contributed by atoms with Crippen molar-refractivity contribution in [2.45, 2.75) is 45.4 Å². The molecular formula is C28H36N2O5. The van der Waals surface area contributed by atoms with Crippen molar-refractivity contribution in [3.63, 3.8) is 0 Å². The Labute approximate surface area is 207 Å². The number of benzene rings is 2.